The van der Waals surface area contributed by atoms with Crippen molar-refractivity contribution in [1.82, 2.24) is 5.43 Å². The van der Waals surface area contributed by atoms with Gasteiger partial charge in [0.15, 0.2) is 0 Å². The van der Waals surface area contributed by atoms with Crippen molar-refractivity contribution in [2.24, 2.45) is 11.8 Å². The van der Waals surface area contributed by atoms with Gasteiger partial charge in [-0.2, -0.15) is 0 Å². The third kappa shape index (κ3) is 2.72. The van der Waals surface area contributed by atoms with E-state index in [4.69, 9.17) is 5.84 Å². The molecule has 1 aromatic heterocycles. The standard InChI is InChI=1S/C14H22N2S/c15-16-12(8-7-10-5-6-10)14-9-11-3-1-2-4-13(11)17-14/h9-10,12,16H,1-8,15H2. The normalized spacial score (nSPS) is 21.2. The number of hydrogen-bond donors (Lipinski definition) is 2. The number of hydrazine groups is 1. The molecule has 0 radical (unpaired) electrons. The summed E-state index contributed by atoms with van der Waals surface area (Å²) >= 11 is 2.00. The van der Waals surface area contributed by atoms with E-state index in [2.05, 4.69) is 11.5 Å². The molecule has 1 aromatic rings. The molecular formula is C14H22N2S. The van der Waals surface area contributed by atoms with Crippen LogP contribution >= 0.6 is 11.3 Å². The summed E-state index contributed by atoms with van der Waals surface area (Å²) in [6.45, 7) is 0. The zero-order valence-electron chi connectivity index (χ0n) is 10.4. The fourth-order valence-corrected chi connectivity index (χ4v) is 4.15. The SMILES string of the molecule is NNC(CCC1CC1)c1cc2c(s1)CCCC2. The highest BCUT2D eigenvalue weighted by atomic mass is 32.1. The molecule has 1 heterocycles. The van der Waals surface area contributed by atoms with E-state index < -0.39 is 0 Å². The molecule has 2 aliphatic rings. The fourth-order valence-electron chi connectivity index (χ4n) is 2.80. The fraction of sp³-hybridized carbons (Fsp3) is 0.714. The smallest absolute Gasteiger partial charge is 0.0553 e. The molecule has 2 nitrogen and oxygen atoms in total. The summed E-state index contributed by atoms with van der Waals surface area (Å²) in [4.78, 5) is 3.10. The zero-order valence-corrected chi connectivity index (χ0v) is 11.2. The number of hydrogen-bond acceptors (Lipinski definition) is 3. The first-order valence-electron chi connectivity index (χ1n) is 6.94. The van der Waals surface area contributed by atoms with Crippen LogP contribution in [0.25, 0.3) is 0 Å². The average Bonchev–Trinajstić information content (AvgIpc) is 3.08. The van der Waals surface area contributed by atoms with Crippen molar-refractivity contribution in [1.29, 1.82) is 0 Å². The highest BCUT2D eigenvalue weighted by Crippen LogP contribution is 2.38. The van der Waals surface area contributed by atoms with Gasteiger partial charge in [0.25, 0.3) is 0 Å². The predicted octanol–water partition coefficient (Wildman–Crippen LogP) is 3.32. The van der Waals surface area contributed by atoms with Crippen LogP contribution in [-0.4, -0.2) is 0 Å². The summed E-state index contributed by atoms with van der Waals surface area (Å²) in [5.41, 5.74) is 4.62. The van der Waals surface area contributed by atoms with Crippen LogP contribution in [0.5, 0.6) is 0 Å². The van der Waals surface area contributed by atoms with E-state index in [9.17, 15) is 0 Å². The Hall–Kier alpha value is -0.380. The summed E-state index contributed by atoms with van der Waals surface area (Å²) in [6.07, 6.45) is 10.8. The molecule has 0 aliphatic heterocycles. The van der Waals surface area contributed by atoms with Crippen LogP contribution < -0.4 is 11.3 Å². The Morgan fingerprint density at radius 3 is 2.88 bits per heavy atom. The lowest BCUT2D eigenvalue weighted by atomic mass is 9.98. The summed E-state index contributed by atoms with van der Waals surface area (Å²) in [7, 11) is 0. The molecule has 3 rings (SSSR count). The molecule has 3 N–H and O–H groups in total. The van der Waals surface area contributed by atoms with Crippen LogP contribution in [0.2, 0.25) is 0 Å². The largest absolute Gasteiger partial charge is 0.271 e. The molecule has 3 heteroatoms. The molecule has 2 aliphatic carbocycles. The first kappa shape index (κ1) is 11.7. The van der Waals surface area contributed by atoms with Gasteiger partial charge in [-0.05, 0) is 56.1 Å². The molecule has 0 amide bonds. The minimum Gasteiger partial charge on any atom is -0.271 e. The maximum Gasteiger partial charge on any atom is 0.0553 e. The first-order valence-corrected chi connectivity index (χ1v) is 7.76. The van der Waals surface area contributed by atoms with Crippen LogP contribution in [0, 0.1) is 5.92 Å². The Balaban J connectivity index is 1.68. The molecule has 1 unspecified atom stereocenters. The third-order valence-electron chi connectivity index (χ3n) is 4.12. The van der Waals surface area contributed by atoms with Crippen LogP contribution in [0.3, 0.4) is 0 Å². The number of thiophene rings is 1. The molecule has 0 aromatic carbocycles. The molecule has 0 spiro atoms. The summed E-state index contributed by atoms with van der Waals surface area (Å²) in [6, 6.07) is 2.81. The lowest BCUT2D eigenvalue weighted by Crippen LogP contribution is -2.27. The Morgan fingerprint density at radius 2 is 2.18 bits per heavy atom. The Kier molecular flexibility index (Phi) is 3.50. The van der Waals surface area contributed by atoms with Crippen molar-refractivity contribution in [3.05, 3.63) is 21.4 Å². The van der Waals surface area contributed by atoms with Gasteiger partial charge >= 0.3 is 0 Å². The van der Waals surface area contributed by atoms with Crippen LogP contribution in [0.4, 0.5) is 0 Å². The Labute approximate surface area is 108 Å². The molecule has 1 atom stereocenters. The third-order valence-corrected chi connectivity index (χ3v) is 5.47. The van der Waals surface area contributed by atoms with Gasteiger partial charge in [0.1, 0.15) is 0 Å². The van der Waals surface area contributed by atoms with Gasteiger partial charge in [-0.1, -0.05) is 12.8 Å². The Bertz CT molecular complexity index is 358. The minimum absolute atomic E-state index is 0.395. The number of fused-ring (bicyclic) bond motifs is 1. The first-order chi connectivity index (χ1) is 8.36. The number of rotatable bonds is 5. The van der Waals surface area contributed by atoms with E-state index >= 15 is 0 Å². The van der Waals surface area contributed by atoms with Crippen molar-refractivity contribution in [3.63, 3.8) is 0 Å². The summed E-state index contributed by atoms with van der Waals surface area (Å²) in [5.74, 6) is 6.73. The van der Waals surface area contributed by atoms with E-state index in [0.29, 0.717) is 6.04 Å². The summed E-state index contributed by atoms with van der Waals surface area (Å²) in [5, 5.41) is 0. The van der Waals surface area contributed by atoms with Crippen LogP contribution in [0.15, 0.2) is 6.07 Å². The minimum atomic E-state index is 0.395. The number of nitrogens with two attached hydrogens (primary N) is 1. The second kappa shape index (κ2) is 5.09. The van der Waals surface area contributed by atoms with Crippen molar-refractivity contribution in [2.45, 2.75) is 57.4 Å². The second-order valence-electron chi connectivity index (χ2n) is 5.54. The highest BCUT2D eigenvalue weighted by molar-refractivity contribution is 7.12. The van der Waals surface area contributed by atoms with Crippen molar-refractivity contribution in [2.75, 3.05) is 0 Å². The molecular weight excluding hydrogens is 228 g/mol. The van der Waals surface area contributed by atoms with E-state index in [1.165, 1.54) is 56.2 Å². The molecule has 94 valence electrons. The topological polar surface area (TPSA) is 38.0 Å². The molecule has 1 saturated carbocycles. The highest BCUT2D eigenvalue weighted by Gasteiger charge is 2.24. The molecule has 17 heavy (non-hydrogen) atoms. The predicted molar refractivity (Wildman–Crippen MR) is 73.0 cm³/mol. The van der Waals surface area contributed by atoms with Crippen LogP contribution in [0.1, 0.15) is 59.9 Å². The van der Waals surface area contributed by atoms with Gasteiger partial charge in [-0.25, -0.2) is 0 Å². The average molecular weight is 250 g/mol. The van der Waals surface area contributed by atoms with Crippen molar-refractivity contribution < 1.29 is 0 Å². The van der Waals surface area contributed by atoms with E-state index in [0.717, 1.165) is 5.92 Å². The van der Waals surface area contributed by atoms with Gasteiger partial charge in [-0.15, -0.1) is 11.3 Å². The monoisotopic (exact) mass is 250 g/mol. The van der Waals surface area contributed by atoms with E-state index in [1.807, 2.05) is 11.3 Å². The van der Waals surface area contributed by atoms with Crippen molar-refractivity contribution >= 4 is 11.3 Å². The number of aryl methyl sites for hydroxylation is 2. The van der Waals surface area contributed by atoms with Gasteiger partial charge in [-0.3, -0.25) is 11.3 Å². The van der Waals surface area contributed by atoms with Gasteiger partial charge in [0.05, 0.1) is 6.04 Å². The molecule has 1 fully saturated rings. The Morgan fingerprint density at radius 1 is 1.35 bits per heavy atom. The van der Waals surface area contributed by atoms with E-state index in [1.54, 1.807) is 10.4 Å². The second-order valence-corrected chi connectivity index (χ2v) is 6.71. The maximum absolute atomic E-state index is 5.73. The molecule has 0 bridgehead atoms. The maximum atomic E-state index is 5.73. The molecule has 0 saturated heterocycles. The number of nitrogens with one attached hydrogen (secondary N) is 1. The van der Waals surface area contributed by atoms with Crippen LogP contribution in [-0.2, 0) is 12.8 Å². The van der Waals surface area contributed by atoms with Crippen molar-refractivity contribution in [3.8, 4) is 0 Å². The van der Waals surface area contributed by atoms with Gasteiger partial charge in [0, 0.05) is 9.75 Å². The lowest BCUT2D eigenvalue weighted by Gasteiger charge is -2.13. The van der Waals surface area contributed by atoms with Gasteiger partial charge in [0.2, 0.25) is 0 Å². The summed E-state index contributed by atoms with van der Waals surface area (Å²) < 4.78 is 0. The zero-order chi connectivity index (χ0) is 11.7. The van der Waals surface area contributed by atoms with E-state index in [-0.39, 0.29) is 0 Å². The van der Waals surface area contributed by atoms with Gasteiger partial charge < -0.3 is 0 Å². The lowest BCUT2D eigenvalue weighted by molar-refractivity contribution is 0.488. The quantitative estimate of drug-likeness (QED) is 0.621.